The Labute approximate surface area is 148 Å². The fourth-order valence-corrected chi connectivity index (χ4v) is 3.97. The van der Waals surface area contributed by atoms with E-state index in [4.69, 9.17) is 17.0 Å². The van der Waals surface area contributed by atoms with Crippen LogP contribution in [-0.4, -0.2) is 46.8 Å². The molecule has 1 aliphatic heterocycles. The van der Waals surface area contributed by atoms with Crippen molar-refractivity contribution in [3.8, 4) is 0 Å². The van der Waals surface area contributed by atoms with E-state index in [1.165, 1.54) is 5.56 Å². The first-order chi connectivity index (χ1) is 11.7. The molecule has 5 heteroatoms. The fraction of sp³-hybridized carbons (Fsp3) is 0.526. The van der Waals surface area contributed by atoms with E-state index < -0.39 is 0 Å². The van der Waals surface area contributed by atoms with E-state index in [1.54, 1.807) is 0 Å². The van der Waals surface area contributed by atoms with Crippen LogP contribution in [0.15, 0.2) is 30.3 Å². The predicted molar refractivity (Wildman–Crippen MR) is 96.1 cm³/mol. The normalized spacial score (nSPS) is 25.0. The van der Waals surface area contributed by atoms with Crippen molar-refractivity contribution in [3.63, 3.8) is 0 Å². The van der Waals surface area contributed by atoms with E-state index in [9.17, 15) is 9.59 Å². The Hall–Kier alpha value is -1.59. The summed E-state index contributed by atoms with van der Waals surface area (Å²) in [6, 6.07) is 9.84. The Morgan fingerprint density at radius 2 is 1.96 bits per heavy atom. The summed E-state index contributed by atoms with van der Waals surface area (Å²) in [5.74, 6) is -0.465. The van der Waals surface area contributed by atoms with Gasteiger partial charge in [0.15, 0.2) is 10.8 Å². The highest BCUT2D eigenvalue weighted by Gasteiger charge is 2.40. The Bertz CT molecular complexity index is 616. The van der Waals surface area contributed by atoms with E-state index in [1.807, 2.05) is 18.2 Å². The number of nitrogens with zero attached hydrogens (tertiary/aromatic N) is 1. The summed E-state index contributed by atoms with van der Waals surface area (Å²) in [5, 5.41) is 0.564. The molecule has 0 N–H and O–H groups in total. The maximum absolute atomic E-state index is 12.2. The Kier molecular flexibility index (Phi) is 5.74. The van der Waals surface area contributed by atoms with Crippen LogP contribution in [0.5, 0.6) is 0 Å². The molecule has 0 spiro atoms. The van der Waals surface area contributed by atoms with Gasteiger partial charge in [0.2, 0.25) is 5.78 Å². The van der Waals surface area contributed by atoms with Crippen LogP contribution in [0, 0.1) is 0 Å². The number of thiocarbonyl (C=S) groups is 1. The maximum atomic E-state index is 12.2. The second-order valence-electron chi connectivity index (χ2n) is 6.49. The molecule has 128 valence electrons. The molecule has 0 bridgehead atoms. The molecular weight excluding hydrogens is 322 g/mol. The van der Waals surface area contributed by atoms with Crippen LogP contribution >= 0.6 is 12.2 Å². The van der Waals surface area contributed by atoms with Crippen molar-refractivity contribution in [2.45, 2.75) is 50.6 Å². The highest BCUT2D eigenvalue weighted by atomic mass is 32.1. The lowest BCUT2D eigenvalue weighted by molar-refractivity contribution is -0.141. The van der Waals surface area contributed by atoms with Gasteiger partial charge >= 0.3 is 0 Å². The number of Topliss-reactive ketones (excluding diaryl/α,β-unsaturated/α-hetero) is 2. The maximum Gasteiger partial charge on any atom is 0.215 e. The van der Waals surface area contributed by atoms with Gasteiger partial charge in [0.05, 0.1) is 18.7 Å². The van der Waals surface area contributed by atoms with Crippen LogP contribution < -0.4 is 0 Å². The van der Waals surface area contributed by atoms with Crippen molar-refractivity contribution >= 4 is 28.8 Å². The highest BCUT2D eigenvalue weighted by Crippen LogP contribution is 2.27. The van der Waals surface area contributed by atoms with Gasteiger partial charge < -0.3 is 4.74 Å². The van der Waals surface area contributed by atoms with Gasteiger partial charge in [0, 0.05) is 12.8 Å². The zero-order chi connectivity index (χ0) is 16.9. The lowest BCUT2D eigenvalue weighted by Crippen LogP contribution is -2.50. The summed E-state index contributed by atoms with van der Waals surface area (Å²) in [6.07, 6.45) is 4.65. The van der Waals surface area contributed by atoms with Crippen LogP contribution in [0.2, 0.25) is 0 Å². The number of hydrogen-bond acceptors (Lipinski definition) is 5. The molecule has 1 aromatic rings. The number of carbonyl (C=O) groups is 2. The van der Waals surface area contributed by atoms with Crippen molar-refractivity contribution < 1.29 is 14.3 Å². The first-order valence-corrected chi connectivity index (χ1v) is 9.11. The highest BCUT2D eigenvalue weighted by molar-refractivity contribution is 7.80. The van der Waals surface area contributed by atoms with Gasteiger partial charge in [0.25, 0.3) is 0 Å². The molecule has 2 unspecified atom stereocenters. The molecule has 4 nitrogen and oxygen atoms in total. The van der Waals surface area contributed by atoms with Crippen molar-refractivity contribution in [1.29, 1.82) is 0 Å². The van der Waals surface area contributed by atoms with Crippen molar-refractivity contribution in [1.82, 2.24) is 4.90 Å². The minimum atomic E-state index is -0.297. The summed E-state index contributed by atoms with van der Waals surface area (Å²) in [6.45, 7) is 1.36. The van der Waals surface area contributed by atoms with Gasteiger partial charge in [-0.2, -0.15) is 0 Å². The predicted octanol–water partition coefficient (Wildman–Crippen LogP) is 2.73. The number of rotatable bonds is 5. The second-order valence-corrected chi connectivity index (χ2v) is 6.90. The van der Waals surface area contributed by atoms with Crippen molar-refractivity contribution in [2.24, 2.45) is 0 Å². The van der Waals surface area contributed by atoms with Crippen molar-refractivity contribution in [3.05, 3.63) is 35.9 Å². The molecular formula is C19H23NO3S. The first kappa shape index (κ1) is 17.2. The second kappa shape index (κ2) is 7.99. The molecule has 2 aliphatic rings. The molecule has 2 atom stereocenters. The van der Waals surface area contributed by atoms with Crippen molar-refractivity contribution in [2.75, 3.05) is 13.2 Å². The van der Waals surface area contributed by atoms with Gasteiger partial charge in [-0.05, 0) is 50.0 Å². The van der Waals surface area contributed by atoms with Crippen LogP contribution in [-0.2, 0) is 20.7 Å². The van der Waals surface area contributed by atoms with Gasteiger partial charge in [-0.15, -0.1) is 0 Å². The molecule has 2 fully saturated rings. The summed E-state index contributed by atoms with van der Waals surface area (Å²) >= 11 is 5.48. The number of ketones is 2. The third kappa shape index (κ3) is 3.90. The average molecular weight is 345 g/mol. The van der Waals surface area contributed by atoms with E-state index in [0.29, 0.717) is 18.1 Å². The molecule has 0 radical (unpaired) electrons. The molecule has 0 aromatic heterocycles. The average Bonchev–Trinajstić information content (AvgIpc) is 3.08. The molecule has 1 saturated heterocycles. The molecule has 3 rings (SSSR count). The topological polar surface area (TPSA) is 46.6 Å². The zero-order valence-corrected chi connectivity index (χ0v) is 14.6. The van der Waals surface area contributed by atoms with E-state index in [2.05, 4.69) is 17.0 Å². The summed E-state index contributed by atoms with van der Waals surface area (Å²) in [4.78, 5) is 26.0. The van der Waals surface area contributed by atoms with E-state index in [-0.39, 0.29) is 23.7 Å². The molecule has 1 heterocycles. The molecule has 1 aromatic carbocycles. The summed E-state index contributed by atoms with van der Waals surface area (Å²) in [7, 11) is 0. The standard InChI is InChI=1S/C19H23NO3S/c21-17-10-4-8-15(18(17)22)20-12-5-9-16(20)19(24)23-13-11-14-6-2-1-3-7-14/h1-3,6-7,15-16H,4-5,8-13H2. The number of hydrogen-bond donors (Lipinski definition) is 0. The SMILES string of the molecule is O=C1CCCC(N2CCCC2C(=S)OCCc2ccccc2)C1=O. The van der Waals surface area contributed by atoms with Gasteiger partial charge in [-0.25, -0.2) is 0 Å². The molecule has 1 saturated carbocycles. The van der Waals surface area contributed by atoms with E-state index >= 15 is 0 Å². The van der Waals surface area contributed by atoms with Crippen LogP contribution in [0.1, 0.15) is 37.7 Å². The van der Waals surface area contributed by atoms with Crippen LogP contribution in [0.4, 0.5) is 0 Å². The smallest absolute Gasteiger partial charge is 0.215 e. The largest absolute Gasteiger partial charge is 0.485 e. The number of ether oxygens (including phenoxy) is 1. The van der Waals surface area contributed by atoms with Gasteiger partial charge in [-0.1, -0.05) is 30.3 Å². The molecule has 1 aliphatic carbocycles. The third-order valence-electron chi connectivity index (χ3n) is 4.90. The molecule has 0 amide bonds. The zero-order valence-electron chi connectivity index (χ0n) is 13.8. The fourth-order valence-electron chi connectivity index (χ4n) is 3.64. The van der Waals surface area contributed by atoms with Gasteiger partial charge in [0.1, 0.15) is 0 Å². The number of carbonyl (C=O) groups excluding carboxylic acids is 2. The molecule has 24 heavy (non-hydrogen) atoms. The quantitative estimate of drug-likeness (QED) is 0.607. The lowest BCUT2D eigenvalue weighted by Gasteiger charge is -2.33. The third-order valence-corrected chi connectivity index (χ3v) is 5.29. The Morgan fingerprint density at radius 1 is 1.17 bits per heavy atom. The number of likely N-dealkylation sites (tertiary alicyclic amines) is 1. The lowest BCUT2D eigenvalue weighted by atomic mass is 9.91. The van der Waals surface area contributed by atoms with Gasteiger partial charge in [-0.3, -0.25) is 14.5 Å². The Balaban J connectivity index is 1.55. The number of benzene rings is 1. The van der Waals surface area contributed by atoms with Crippen LogP contribution in [0.3, 0.4) is 0 Å². The monoisotopic (exact) mass is 345 g/mol. The summed E-state index contributed by atoms with van der Waals surface area (Å²) < 4.78 is 5.81. The first-order valence-electron chi connectivity index (χ1n) is 8.70. The van der Waals surface area contributed by atoms with Crippen LogP contribution in [0.25, 0.3) is 0 Å². The minimum absolute atomic E-state index is 0.0179. The Morgan fingerprint density at radius 3 is 2.75 bits per heavy atom. The summed E-state index contributed by atoms with van der Waals surface area (Å²) in [5.41, 5.74) is 1.22. The minimum Gasteiger partial charge on any atom is -0.485 e. The van der Waals surface area contributed by atoms with E-state index in [0.717, 1.165) is 38.6 Å².